The van der Waals surface area contributed by atoms with E-state index in [0.717, 1.165) is 4.57 Å². The largest absolute Gasteiger partial charge is 0.507 e. The highest BCUT2D eigenvalue weighted by atomic mass is 16.3. The molecule has 4 heteroatoms. The maximum atomic E-state index is 13.1. The van der Waals surface area contributed by atoms with Gasteiger partial charge in [-0.3, -0.25) is 9.55 Å². The van der Waals surface area contributed by atoms with Gasteiger partial charge in [0.15, 0.2) is 0 Å². The maximum absolute atomic E-state index is 13.1. The number of hydrogen-bond acceptors (Lipinski definition) is 3. The average molecular weight is 936 g/mol. The maximum Gasteiger partial charge on any atom is 0.149 e. The Kier molecular flexibility index (Phi) is 5.84. The predicted molar refractivity (Wildman–Crippen MR) is 293 cm³/mol. The van der Waals surface area contributed by atoms with Crippen LogP contribution in [-0.2, 0) is 21.7 Å². The number of aryl methyl sites for hydroxylation is 1. The minimum absolute atomic E-state index is 0.0789. The number of hydrogen-bond donors (Lipinski definition) is 1. The van der Waals surface area contributed by atoms with Gasteiger partial charge < -0.3 is 5.11 Å². The minimum Gasteiger partial charge on any atom is -0.507 e. The van der Waals surface area contributed by atoms with Gasteiger partial charge in [-0.2, -0.15) is 0 Å². The topological polar surface area (TPSA) is 50.9 Å². The van der Waals surface area contributed by atoms with Crippen molar-refractivity contribution in [2.75, 3.05) is 0 Å². The molecule has 69 heavy (non-hydrogen) atoms. The molecule has 7 aromatic carbocycles. The summed E-state index contributed by atoms with van der Waals surface area (Å²) in [5, 5.41) is 13.1. The molecular formula is C65H67N3O. The second-order valence-electron chi connectivity index (χ2n) is 18.3. The lowest BCUT2D eigenvalue weighted by molar-refractivity contribution is 0.446. The lowest BCUT2D eigenvalue weighted by atomic mass is 9.79. The third-order valence-electron chi connectivity index (χ3n) is 12.2. The number of imidazole rings is 1. The van der Waals surface area contributed by atoms with Crippen LogP contribution < -0.4 is 0 Å². The number of phenols is 1. The molecule has 0 aliphatic heterocycles. The number of para-hydroxylation sites is 1. The van der Waals surface area contributed by atoms with Crippen molar-refractivity contribution in [2.45, 2.75) is 111 Å². The fraction of sp³-hybridized carbons (Fsp3) is 0.262. The summed E-state index contributed by atoms with van der Waals surface area (Å²) in [5.74, 6) is -2.35. The van der Waals surface area contributed by atoms with Gasteiger partial charge in [-0.15, -0.1) is 0 Å². The molecule has 1 N–H and O–H groups in total. The highest BCUT2D eigenvalue weighted by molar-refractivity contribution is 5.97. The summed E-state index contributed by atoms with van der Waals surface area (Å²) >= 11 is 0. The van der Waals surface area contributed by atoms with Gasteiger partial charge in [0.05, 0.1) is 28.0 Å². The first-order valence-corrected chi connectivity index (χ1v) is 22.0. The molecule has 0 bridgehead atoms. The van der Waals surface area contributed by atoms with E-state index < -0.39 is 130 Å². The van der Waals surface area contributed by atoms with E-state index in [2.05, 4.69) is 0 Å². The lowest BCUT2D eigenvalue weighted by Crippen LogP contribution is -2.17. The molecule has 9 aromatic rings. The van der Waals surface area contributed by atoms with Crippen LogP contribution in [0, 0.1) is 6.85 Å². The summed E-state index contributed by atoms with van der Waals surface area (Å²) in [6.45, 7) is -34.0. The Morgan fingerprint density at radius 1 is 0.464 bits per heavy atom. The van der Waals surface area contributed by atoms with Gasteiger partial charge in [-0.1, -0.05) is 186 Å². The molecule has 2 aromatic heterocycles. The van der Waals surface area contributed by atoms with Crippen LogP contribution in [0.1, 0.15) is 151 Å². The Morgan fingerprint density at radius 2 is 1.10 bits per heavy atom. The van der Waals surface area contributed by atoms with Gasteiger partial charge >= 0.3 is 0 Å². The van der Waals surface area contributed by atoms with Gasteiger partial charge in [0.2, 0.25) is 0 Å². The van der Waals surface area contributed by atoms with E-state index in [0.29, 0.717) is 39.4 Å². The zero-order valence-electron chi connectivity index (χ0n) is 67.9. The highest BCUT2D eigenvalue weighted by Crippen LogP contribution is 2.46. The molecule has 0 aliphatic carbocycles. The van der Waals surface area contributed by atoms with Crippen molar-refractivity contribution in [3.8, 4) is 78.6 Å². The first kappa shape index (κ1) is 23.0. The Labute approximate surface area is 453 Å². The molecule has 0 saturated heterocycles. The van der Waals surface area contributed by atoms with E-state index in [9.17, 15) is 5.11 Å². The number of rotatable bonds is 7. The number of benzene rings is 7. The van der Waals surface area contributed by atoms with Gasteiger partial charge in [0.1, 0.15) is 11.6 Å². The SMILES string of the molecule is [2H]C([2H])([2H])c1cc(-c2ccccc2)ccc1-n1c(-c2cc(C(C([2H])([2H])[2H])(C([2H])([2H])[2H])C([2H])([2H])[2H])cc(C(C([2H])([2H])[2H])(C([2H])([2H])[2H])C([2H])([2H])[2H])c2O)nc2c(-c3cc(-c4cc(-c5cc(-c6ccccc6)ccc5C(C([2H])([2H])[2H])(C([2H])([2H])[2H])C([2H])([2H])[2H])ccn4)cc(C(C)(C)C)c3)cccc21. The van der Waals surface area contributed by atoms with E-state index in [1.54, 1.807) is 84.9 Å². The summed E-state index contributed by atoms with van der Waals surface area (Å²) in [7, 11) is 0. The third-order valence-corrected chi connectivity index (χ3v) is 12.2. The molecule has 0 amide bonds. The fourth-order valence-corrected chi connectivity index (χ4v) is 8.65. The van der Waals surface area contributed by atoms with Crippen LogP contribution in [0.25, 0.3) is 83.9 Å². The number of aromatic hydroxyl groups is 1. The average Bonchev–Trinajstić information content (AvgIpc) is 0.969. The van der Waals surface area contributed by atoms with Crippen molar-refractivity contribution < 1.29 is 46.2 Å². The quantitative estimate of drug-likeness (QED) is 0.173. The predicted octanol–water partition coefficient (Wildman–Crippen LogP) is 17.6. The normalized spacial score (nSPS) is 20.7. The Balaban J connectivity index is 1.46. The molecule has 2 heterocycles. The molecule has 0 radical (unpaired) electrons. The van der Waals surface area contributed by atoms with Crippen LogP contribution in [0.2, 0.25) is 0 Å². The summed E-state index contributed by atoms with van der Waals surface area (Å²) < 4.78 is 265. The van der Waals surface area contributed by atoms with Crippen LogP contribution in [0.5, 0.6) is 5.75 Å². The van der Waals surface area contributed by atoms with Crippen molar-refractivity contribution in [1.29, 1.82) is 0 Å². The number of fused-ring (bicyclic) bond motifs is 1. The molecule has 348 valence electrons. The summed E-state index contributed by atoms with van der Waals surface area (Å²) in [5.41, 5.74) is -15.0. The van der Waals surface area contributed by atoms with Gasteiger partial charge in [-0.05, 0) is 144 Å². The number of nitrogens with zero attached hydrogens (tertiary/aromatic N) is 3. The molecule has 0 atom stereocenters. The standard InChI is InChI=1S/C65H67N3O/c1-41-33-44(42-21-16-14-17-22-42)28-30-57(41)68-58-26-20-25-51(59(58)67-61(68)53-39-50(63(5,6)7)40-55(60(53)69)65(11,12)13)47-34-48(36-49(35-47)62(2,3)4)56-38-46(31-32-66-56)52-37-45(43-23-18-15-19-24-43)27-29-54(52)64(8,9)10/h14-40,69H,1-13H3/i1D3,5D3,6D3,7D3,8D3,9D3,10D3,11D3,12D3,13D3. The van der Waals surface area contributed by atoms with Crippen LogP contribution in [0.4, 0.5) is 0 Å². The zero-order chi connectivity index (χ0) is 74.2. The molecular weight excluding hydrogens is 839 g/mol. The summed E-state index contributed by atoms with van der Waals surface area (Å²) in [6, 6.07) is 38.7. The molecule has 0 fully saturated rings. The van der Waals surface area contributed by atoms with E-state index in [4.69, 9.17) is 51.1 Å². The van der Waals surface area contributed by atoms with Crippen molar-refractivity contribution in [2.24, 2.45) is 0 Å². The van der Waals surface area contributed by atoms with E-state index in [-0.39, 0.29) is 50.7 Å². The van der Waals surface area contributed by atoms with Crippen molar-refractivity contribution >= 4 is 11.0 Å². The first-order chi connectivity index (χ1) is 45.0. The first-order valence-electron chi connectivity index (χ1n) is 37.0. The van der Waals surface area contributed by atoms with E-state index in [1.165, 1.54) is 66.9 Å². The Morgan fingerprint density at radius 3 is 1.77 bits per heavy atom. The molecule has 4 nitrogen and oxygen atoms in total. The molecule has 0 spiro atoms. The highest BCUT2D eigenvalue weighted by Gasteiger charge is 2.30. The van der Waals surface area contributed by atoms with Crippen molar-refractivity contribution in [3.05, 3.63) is 192 Å². The fourth-order valence-electron chi connectivity index (χ4n) is 8.65. The molecule has 0 saturated carbocycles. The smallest absolute Gasteiger partial charge is 0.149 e. The van der Waals surface area contributed by atoms with Gasteiger partial charge in [0, 0.05) is 64.0 Å². The van der Waals surface area contributed by atoms with Crippen molar-refractivity contribution in [1.82, 2.24) is 14.5 Å². The Bertz CT molecular complexity index is 4400. The second kappa shape index (κ2) is 17.5. The molecule has 0 aliphatic rings. The van der Waals surface area contributed by atoms with Crippen LogP contribution in [-0.4, -0.2) is 19.6 Å². The van der Waals surface area contributed by atoms with Crippen LogP contribution in [0.3, 0.4) is 0 Å². The zero-order valence-corrected chi connectivity index (χ0v) is 37.9. The molecule has 0 unspecified atom stereocenters. The van der Waals surface area contributed by atoms with Gasteiger partial charge in [0.25, 0.3) is 0 Å². The number of phenolic OH excluding ortho intramolecular Hbond substituents is 1. The summed E-state index contributed by atoms with van der Waals surface area (Å²) in [4.78, 5) is 9.74. The van der Waals surface area contributed by atoms with Crippen LogP contribution in [0.15, 0.2) is 164 Å². The third kappa shape index (κ3) is 9.30. The molecule has 9 rings (SSSR count). The minimum atomic E-state index is -4.32. The van der Waals surface area contributed by atoms with Crippen molar-refractivity contribution in [3.63, 3.8) is 0 Å². The van der Waals surface area contributed by atoms with E-state index >= 15 is 0 Å². The Hall–Kier alpha value is -7.04. The van der Waals surface area contributed by atoms with E-state index in [1.807, 2.05) is 20.8 Å². The van der Waals surface area contributed by atoms with Gasteiger partial charge in [-0.25, -0.2) is 4.98 Å². The lowest BCUT2D eigenvalue weighted by Gasteiger charge is -2.27. The number of pyridine rings is 1. The van der Waals surface area contributed by atoms with Crippen LogP contribution >= 0.6 is 0 Å². The summed E-state index contributed by atoms with van der Waals surface area (Å²) in [6.07, 6.45) is 1.35. The number of aromatic nitrogens is 3. The monoisotopic (exact) mass is 936 g/mol. The second-order valence-corrected chi connectivity index (χ2v) is 18.3.